The van der Waals surface area contributed by atoms with E-state index in [1.165, 1.54) is 0 Å². The highest BCUT2D eigenvalue weighted by Gasteiger charge is 2.35. The molecule has 0 atom stereocenters. The average Bonchev–Trinajstić information content (AvgIpc) is 2.61. The molecule has 130 valence electrons. The topological polar surface area (TPSA) is 82.1 Å². The zero-order valence-electron chi connectivity index (χ0n) is 13.2. The lowest BCUT2D eigenvalue weighted by atomic mass is 10.2. The third-order valence-corrected chi connectivity index (χ3v) is 4.53. The van der Waals surface area contributed by atoms with Crippen LogP contribution in [0.25, 0.3) is 0 Å². The second kappa shape index (κ2) is 8.91. The number of carbonyl (C=O) groups is 3. The van der Waals surface area contributed by atoms with Crippen LogP contribution in [0, 0.1) is 0 Å². The number of rotatable bonds is 8. The summed E-state index contributed by atoms with van der Waals surface area (Å²) in [7, 11) is 0. The number of nitrogens with zero attached hydrogens (tertiary/aromatic N) is 1. The van der Waals surface area contributed by atoms with E-state index >= 15 is 0 Å². The van der Waals surface area contributed by atoms with Crippen LogP contribution in [0.2, 0.25) is 0 Å². The Kier molecular flexibility index (Phi) is 7.85. The summed E-state index contributed by atoms with van der Waals surface area (Å²) in [5.74, 6) is -1.23. The van der Waals surface area contributed by atoms with Gasteiger partial charge >= 0.3 is 5.97 Å². The quantitative estimate of drug-likeness (QED) is 0.314. The first kappa shape index (κ1) is 20.3. The highest BCUT2D eigenvalue weighted by atomic mass is 79.9. The van der Waals surface area contributed by atoms with E-state index in [4.69, 9.17) is 14.2 Å². The molecular formula is C14H19Br2NO6. The molecule has 0 aromatic carbocycles. The van der Waals surface area contributed by atoms with Gasteiger partial charge < -0.3 is 14.2 Å². The van der Waals surface area contributed by atoms with Gasteiger partial charge in [0, 0.05) is 0 Å². The molecule has 0 aromatic rings. The van der Waals surface area contributed by atoms with Crippen LogP contribution in [0.15, 0.2) is 8.96 Å². The van der Waals surface area contributed by atoms with E-state index in [1.807, 2.05) is 0 Å². The lowest BCUT2D eigenvalue weighted by Crippen LogP contribution is -2.34. The van der Waals surface area contributed by atoms with Crippen molar-refractivity contribution in [3.8, 4) is 0 Å². The van der Waals surface area contributed by atoms with E-state index in [0.29, 0.717) is 0 Å². The standard InChI is InChI=1S/C14H19Br2NO6/c1-14(2,3)23-9(18)8-22-7-6-21-5-4-17-12(19)10(15)11(16)13(17)20/h4-8H2,1-3H3. The molecule has 0 aromatic heterocycles. The monoisotopic (exact) mass is 455 g/mol. The summed E-state index contributed by atoms with van der Waals surface area (Å²) in [6.45, 7) is 5.98. The minimum Gasteiger partial charge on any atom is -0.458 e. The molecule has 1 aliphatic rings. The van der Waals surface area contributed by atoms with Gasteiger partial charge in [0.2, 0.25) is 0 Å². The zero-order valence-corrected chi connectivity index (χ0v) is 16.4. The van der Waals surface area contributed by atoms with Crippen LogP contribution in [-0.4, -0.2) is 61.3 Å². The van der Waals surface area contributed by atoms with Gasteiger partial charge in [0.15, 0.2) is 0 Å². The maximum absolute atomic E-state index is 11.7. The number of esters is 1. The molecule has 0 saturated heterocycles. The highest BCUT2D eigenvalue weighted by Crippen LogP contribution is 2.28. The van der Waals surface area contributed by atoms with Crippen molar-refractivity contribution in [3.05, 3.63) is 8.96 Å². The highest BCUT2D eigenvalue weighted by molar-refractivity contribution is 9.14. The van der Waals surface area contributed by atoms with Gasteiger partial charge in [-0.25, -0.2) is 4.79 Å². The maximum Gasteiger partial charge on any atom is 0.332 e. The smallest absolute Gasteiger partial charge is 0.332 e. The van der Waals surface area contributed by atoms with E-state index in [1.54, 1.807) is 20.8 Å². The van der Waals surface area contributed by atoms with Gasteiger partial charge in [0.05, 0.1) is 26.4 Å². The summed E-state index contributed by atoms with van der Waals surface area (Å²) in [4.78, 5) is 35.9. The van der Waals surface area contributed by atoms with Crippen LogP contribution in [0.1, 0.15) is 20.8 Å². The minimum absolute atomic E-state index is 0.145. The Labute approximate surface area is 151 Å². The molecule has 0 bridgehead atoms. The fraction of sp³-hybridized carbons (Fsp3) is 0.643. The number of hydrogen-bond donors (Lipinski definition) is 0. The van der Waals surface area contributed by atoms with Gasteiger partial charge in [-0.2, -0.15) is 0 Å². The molecule has 23 heavy (non-hydrogen) atoms. The number of amides is 2. The van der Waals surface area contributed by atoms with Gasteiger partial charge in [-0.1, -0.05) is 0 Å². The van der Waals surface area contributed by atoms with Crippen LogP contribution >= 0.6 is 31.9 Å². The molecule has 0 radical (unpaired) electrons. The average molecular weight is 457 g/mol. The maximum atomic E-state index is 11.7. The Morgan fingerprint density at radius 2 is 1.52 bits per heavy atom. The number of carbonyl (C=O) groups excluding carboxylic acids is 3. The van der Waals surface area contributed by atoms with Crippen molar-refractivity contribution in [2.24, 2.45) is 0 Å². The van der Waals surface area contributed by atoms with Gasteiger partial charge in [0.1, 0.15) is 21.2 Å². The van der Waals surface area contributed by atoms with E-state index in [2.05, 4.69) is 31.9 Å². The lowest BCUT2D eigenvalue weighted by Gasteiger charge is -2.19. The van der Waals surface area contributed by atoms with Gasteiger partial charge in [-0.05, 0) is 52.6 Å². The fourth-order valence-electron chi connectivity index (χ4n) is 1.62. The van der Waals surface area contributed by atoms with Crippen LogP contribution < -0.4 is 0 Å². The SMILES string of the molecule is CC(C)(C)OC(=O)COCCOCCN1C(=O)C(Br)=C(Br)C1=O. The van der Waals surface area contributed by atoms with Crippen LogP contribution in [0.3, 0.4) is 0 Å². The first-order chi connectivity index (χ1) is 10.6. The second-order valence-corrected chi connectivity index (χ2v) is 7.23. The third kappa shape index (κ3) is 6.70. The molecule has 7 nitrogen and oxygen atoms in total. The van der Waals surface area contributed by atoms with Crippen LogP contribution in [0.5, 0.6) is 0 Å². The molecule has 2 amide bonds. The summed E-state index contributed by atoms with van der Waals surface area (Å²) in [6, 6.07) is 0. The summed E-state index contributed by atoms with van der Waals surface area (Å²) in [6.07, 6.45) is 0. The van der Waals surface area contributed by atoms with Gasteiger partial charge in [0.25, 0.3) is 11.8 Å². The molecule has 1 rings (SSSR count). The molecule has 9 heteroatoms. The van der Waals surface area contributed by atoms with Gasteiger partial charge in [-0.3, -0.25) is 14.5 Å². The summed E-state index contributed by atoms with van der Waals surface area (Å²) in [5.41, 5.74) is -0.539. The lowest BCUT2D eigenvalue weighted by molar-refractivity contribution is -0.160. The summed E-state index contributed by atoms with van der Waals surface area (Å²) < 4.78 is 15.9. The first-order valence-corrected chi connectivity index (χ1v) is 8.51. The fourth-order valence-corrected chi connectivity index (χ4v) is 2.39. The molecule has 0 fully saturated rings. The molecular weight excluding hydrogens is 438 g/mol. The van der Waals surface area contributed by atoms with Crippen LogP contribution in [0.4, 0.5) is 0 Å². The Morgan fingerprint density at radius 3 is 2.04 bits per heavy atom. The van der Waals surface area contributed by atoms with E-state index in [0.717, 1.165) is 4.90 Å². The van der Waals surface area contributed by atoms with E-state index in [-0.39, 0.29) is 41.9 Å². The van der Waals surface area contributed by atoms with Crippen molar-refractivity contribution in [1.82, 2.24) is 4.90 Å². The van der Waals surface area contributed by atoms with Crippen molar-refractivity contribution in [2.45, 2.75) is 26.4 Å². The molecule has 0 N–H and O–H groups in total. The van der Waals surface area contributed by atoms with Crippen molar-refractivity contribution in [3.63, 3.8) is 0 Å². The Balaban J connectivity index is 2.10. The normalized spacial score (nSPS) is 15.6. The molecule has 0 unspecified atom stereocenters. The van der Waals surface area contributed by atoms with Crippen molar-refractivity contribution in [2.75, 3.05) is 33.0 Å². The third-order valence-electron chi connectivity index (χ3n) is 2.53. The number of imide groups is 1. The number of halogens is 2. The molecule has 0 saturated carbocycles. The first-order valence-electron chi connectivity index (χ1n) is 6.92. The van der Waals surface area contributed by atoms with Gasteiger partial charge in [-0.15, -0.1) is 0 Å². The predicted molar refractivity (Wildman–Crippen MR) is 89.1 cm³/mol. The second-order valence-electron chi connectivity index (χ2n) is 5.64. The molecule has 1 aliphatic heterocycles. The molecule has 1 heterocycles. The zero-order chi connectivity index (χ0) is 17.6. The van der Waals surface area contributed by atoms with E-state index < -0.39 is 23.4 Å². The summed E-state index contributed by atoms with van der Waals surface area (Å²) in [5, 5.41) is 0. The van der Waals surface area contributed by atoms with Crippen LogP contribution in [-0.2, 0) is 28.6 Å². The van der Waals surface area contributed by atoms with Crippen molar-refractivity contribution < 1.29 is 28.6 Å². The van der Waals surface area contributed by atoms with Crippen molar-refractivity contribution in [1.29, 1.82) is 0 Å². The number of hydrogen-bond acceptors (Lipinski definition) is 6. The Bertz CT molecular complexity index is 488. The Morgan fingerprint density at radius 1 is 1.00 bits per heavy atom. The number of ether oxygens (including phenoxy) is 3. The largest absolute Gasteiger partial charge is 0.458 e. The Hall–Kier alpha value is -0.770. The summed E-state index contributed by atoms with van der Waals surface area (Å²) >= 11 is 6.09. The predicted octanol–water partition coefficient (Wildman–Crippen LogP) is 1.73. The molecule has 0 spiro atoms. The molecule has 0 aliphatic carbocycles. The van der Waals surface area contributed by atoms with E-state index in [9.17, 15) is 14.4 Å². The minimum atomic E-state index is -0.539. The van der Waals surface area contributed by atoms with Crippen molar-refractivity contribution >= 4 is 49.6 Å².